The molecule has 4 heteroatoms. The monoisotopic (exact) mass is 625 g/mol. The molecular formula is C41H76N4. The van der Waals surface area contributed by atoms with E-state index in [0.29, 0.717) is 18.1 Å². The van der Waals surface area contributed by atoms with Crippen LogP contribution in [0.3, 0.4) is 0 Å². The van der Waals surface area contributed by atoms with Crippen LogP contribution in [0, 0.1) is 0 Å². The second-order valence-corrected chi connectivity index (χ2v) is 18.0. The fourth-order valence-corrected chi connectivity index (χ4v) is 9.58. The van der Waals surface area contributed by atoms with Crippen molar-refractivity contribution in [1.82, 2.24) is 15.5 Å². The summed E-state index contributed by atoms with van der Waals surface area (Å²) < 4.78 is 0. The van der Waals surface area contributed by atoms with Gasteiger partial charge in [-0.2, -0.15) is 0 Å². The van der Waals surface area contributed by atoms with Gasteiger partial charge in [-0.1, -0.05) is 59.6 Å². The van der Waals surface area contributed by atoms with Crippen LogP contribution < -0.4 is 15.5 Å². The van der Waals surface area contributed by atoms with Crippen LogP contribution >= 0.6 is 0 Å². The summed E-state index contributed by atoms with van der Waals surface area (Å²) in [7, 11) is 0. The predicted molar refractivity (Wildman–Crippen MR) is 200 cm³/mol. The summed E-state index contributed by atoms with van der Waals surface area (Å²) in [4.78, 5) is 5.75. The van der Waals surface area contributed by atoms with E-state index in [9.17, 15) is 0 Å². The third-order valence-corrected chi connectivity index (χ3v) is 11.7. The van der Waals surface area contributed by atoms with Gasteiger partial charge in [0.2, 0.25) is 0 Å². The summed E-state index contributed by atoms with van der Waals surface area (Å²) in [6.45, 7) is 33.6. The number of piperidine rings is 2. The Labute approximate surface area is 281 Å². The van der Waals surface area contributed by atoms with E-state index in [4.69, 9.17) is 0 Å². The molecule has 2 N–H and O–H groups in total. The van der Waals surface area contributed by atoms with E-state index >= 15 is 0 Å². The van der Waals surface area contributed by atoms with Gasteiger partial charge in [0.25, 0.3) is 0 Å². The zero-order valence-electron chi connectivity index (χ0n) is 32.3. The van der Waals surface area contributed by atoms with Crippen molar-refractivity contribution in [3.05, 3.63) is 29.8 Å². The van der Waals surface area contributed by atoms with Crippen LogP contribution in [0.4, 0.5) is 5.69 Å². The second-order valence-electron chi connectivity index (χ2n) is 18.0. The highest BCUT2D eigenvalue weighted by atomic mass is 15.2. The molecule has 0 atom stereocenters. The smallest absolute Gasteiger partial charge is 0.0371 e. The number of anilines is 1. The average Bonchev–Trinajstić information content (AvgIpc) is 2.92. The molecule has 0 spiro atoms. The summed E-state index contributed by atoms with van der Waals surface area (Å²) in [5, 5.41) is 7.86. The maximum absolute atomic E-state index is 3.94. The van der Waals surface area contributed by atoms with Gasteiger partial charge < -0.3 is 15.5 Å². The molecule has 0 bridgehead atoms. The highest BCUT2D eigenvalue weighted by Gasteiger charge is 2.42. The minimum absolute atomic E-state index is 0.139. The number of unbranched alkanes of at least 4 members (excludes halogenated alkanes) is 3. The van der Waals surface area contributed by atoms with Crippen molar-refractivity contribution in [2.24, 2.45) is 0 Å². The van der Waals surface area contributed by atoms with E-state index in [-0.39, 0.29) is 27.6 Å². The fraction of sp³-hybridized carbons (Fsp3) is 0.854. The molecule has 0 aromatic heterocycles. The molecule has 4 nitrogen and oxygen atoms in total. The number of hydrogen-bond donors (Lipinski definition) is 2. The quantitative estimate of drug-likeness (QED) is 0.179. The van der Waals surface area contributed by atoms with Crippen LogP contribution in [0.2, 0.25) is 0 Å². The van der Waals surface area contributed by atoms with Gasteiger partial charge in [-0.25, -0.2) is 0 Å². The molecule has 0 unspecified atom stereocenters. The fourth-order valence-electron chi connectivity index (χ4n) is 9.58. The molecule has 1 aromatic carbocycles. The van der Waals surface area contributed by atoms with Gasteiger partial charge in [-0.05, 0) is 149 Å². The number of nitrogens with one attached hydrogen (secondary N) is 2. The van der Waals surface area contributed by atoms with Crippen molar-refractivity contribution in [3.8, 4) is 0 Å². The summed E-state index contributed by atoms with van der Waals surface area (Å²) in [6, 6.07) is 11.6. The standard InChI is InChI=1S/C41H76N4/c1-14-33(15-2)44(35-28-37(5,6)42-38(7,8)29-35)25-20-18-19-21-26-45(36-30-39(9,10)43-40(11,12)31-36)34-24-22-23-32(27-34)41(13,16-3)17-4/h22-24,27,33,35-36,42-43H,14-21,25-26,28-31H2,1-13H3. The summed E-state index contributed by atoms with van der Waals surface area (Å²) >= 11 is 0. The molecule has 2 heterocycles. The van der Waals surface area contributed by atoms with Gasteiger partial charge >= 0.3 is 0 Å². The van der Waals surface area contributed by atoms with Gasteiger partial charge in [0.1, 0.15) is 0 Å². The van der Waals surface area contributed by atoms with Crippen LogP contribution in [0.5, 0.6) is 0 Å². The molecule has 2 saturated heterocycles. The average molecular weight is 625 g/mol. The highest BCUT2D eigenvalue weighted by molar-refractivity contribution is 5.51. The number of benzene rings is 1. The number of nitrogens with zero attached hydrogens (tertiary/aromatic N) is 2. The Kier molecular flexibility index (Phi) is 13.1. The molecule has 260 valence electrons. The molecule has 3 rings (SSSR count). The van der Waals surface area contributed by atoms with Gasteiger partial charge in [-0.3, -0.25) is 4.90 Å². The van der Waals surface area contributed by atoms with Gasteiger partial charge in [0.05, 0.1) is 0 Å². The maximum Gasteiger partial charge on any atom is 0.0371 e. The van der Waals surface area contributed by atoms with E-state index in [1.165, 1.54) is 94.8 Å². The minimum Gasteiger partial charge on any atom is -0.368 e. The first-order chi connectivity index (χ1) is 20.9. The third-order valence-electron chi connectivity index (χ3n) is 11.7. The first-order valence-corrected chi connectivity index (χ1v) is 19.1. The predicted octanol–water partition coefficient (Wildman–Crippen LogP) is 10.2. The Balaban J connectivity index is 1.71. The van der Waals surface area contributed by atoms with Crippen LogP contribution in [0.1, 0.15) is 173 Å². The van der Waals surface area contributed by atoms with E-state index < -0.39 is 0 Å². The molecule has 45 heavy (non-hydrogen) atoms. The van der Waals surface area contributed by atoms with Crippen LogP contribution in [-0.2, 0) is 5.41 Å². The van der Waals surface area contributed by atoms with Crippen molar-refractivity contribution >= 4 is 5.69 Å². The first-order valence-electron chi connectivity index (χ1n) is 19.1. The van der Waals surface area contributed by atoms with Crippen molar-refractivity contribution in [1.29, 1.82) is 0 Å². The molecule has 0 amide bonds. The topological polar surface area (TPSA) is 30.5 Å². The lowest BCUT2D eigenvalue weighted by molar-refractivity contribution is 0.0348. The highest BCUT2D eigenvalue weighted by Crippen LogP contribution is 2.38. The molecule has 2 fully saturated rings. The first kappa shape index (κ1) is 38.3. The van der Waals surface area contributed by atoms with E-state index in [2.05, 4.69) is 135 Å². The Bertz CT molecular complexity index is 1000. The molecular weight excluding hydrogens is 548 g/mol. The molecule has 1 aromatic rings. The van der Waals surface area contributed by atoms with Crippen molar-refractivity contribution < 1.29 is 0 Å². The van der Waals surface area contributed by atoms with E-state index in [1.54, 1.807) is 0 Å². The molecule has 2 aliphatic rings. The Hall–Kier alpha value is -1.10. The number of hydrogen-bond acceptors (Lipinski definition) is 4. The van der Waals surface area contributed by atoms with E-state index in [0.717, 1.165) is 6.54 Å². The van der Waals surface area contributed by atoms with Crippen LogP contribution in [-0.4, -0.2) is 58.3 Å². The van der Waals surface area contributed by atoms with E-state index in [1.807, 2.05) is 0 Å². The zero-order chi connectivity index (χ0) is 33.7. The van der Waals surface area contributed by atoms with Gasteiger partial charge in [-0.15, -0.1) is 0 Å². The zero-order valence-corrected chi connectivity index (χ0v) is 32.3. The second kappa shape index (κ2) is 15.4. The lowest BCUT2D eigenvalue weighted by Crippen LogP contribution is -2.63. The maximum atomic E-state index is 3.94. The number of rotatable bonds is 16. The lowest BCUT2D eigenvalue weighted by Gasteiger charge is -2.51. The molecule has 0 aliphatic carbocycles. The van der Waals surface area contributed by atoms with Crippen molar-refractivity contribution in [2.45, 2.75) is 213 Å². The third kappa shape index (κ3) is 10.7. The normalized spacial score (nSPS) is 21.8. The molecule has 0 radical (unpaired) electrons. The lowest BCUT2D eigenvalue weighted by atomic mass is 9.77. The Morgan fingerprint density at radius 2 is 1.16 bits per heavy atom. The summed E-state index contributed by atoms with van der Waals surface area (Å²) in [6.07, 6.45) is 15.0. The summed E-state index contributed by atoms with van der Waals surface area (Å²) in [5.74, 6) is 0. The molecule has 0 saturated carbocycles. The Morgan fingerprint density at radius 3 is 1.62 bits per heavy atom. The van der Waals surface area contributed by atoms with Crippen molar-refractivity contribution in [3.63, 3.8) is 0 Å². The Morgan fingerprint density at radius 1 is 0.689 bits per heavy atom. The summed E-state index contributed by atoms with van der Waals surface area (Å²) in [5.41, 5.74) is 3.86. The molecule has 2 aliphatic heterocycles. The van der Waals surface area contributed by atoms with Crippen molar-refractivity contribution in [2.75, 3.05) is 18.0 Å². The van der Waals surface area contributed by atoms with Crippen LogP contribution in [0.25, 0.3) is 0 Å². The van der Waals surface area contributed by atoms with Gasteiger partial charge in [0.15, 0.2) is 0 Å². The van der Waals surface area contributed by atoms with Gasteiger partial charge in [0, 0.05) is 52.5 Å². The minimum atomic E-state index is 0.139. The largest absolute Gasteiger partial charge is 0.368 e. The SMILES string of the molecule is CCC(CC)N(CCCCCCN(c1cccc(C(C)(CC)CC)c1)C1CC(C)(C)NC(C)(C)C1)C1CC(C)(C)NC(C)(C)C1. The van der Waals surface area contributed by atoms with Crippen LogP contribution in [0.15, 0.2) is 24.3 Å².